The quantitative estimate of drug-likeness (QED) is 0.832. The molecule has 1 saturated carbocycles. The smallest absolute Gasteiger partial charge is 0.219 e. The van der Waals surface area contributed by atoms with Crippen LogP contribution >= 0.6 is 0 Å². The molecule has 1 atom stereocenters. The third kappa shape index (κ3) is 3.03. The van der Waals surface area contributed by atoms with Crippen LogP contribution in [0.4, 0.5) is 0 Å². The van der Waals surface area contributed by atoms with Crippen LogP contribution in [-0.2, 0) is 0 Å². The van der Waals surface area contributed by atoms with Gasteiger partial charge in [0, 0.05) is 22.7 Å². The predicted molar refractivity (Wildman–Crippen MR) is 86.0 cm³/mol. The minimum absolute atomic E-state index is 0.259. The monoisotopic (exact) mass is 285 g/mol. The molecule has 1 unspecified atom stereocenters. The van der Waals surface area contributed by atoms with Crippen LogP contribution in [0.3, 0.4) is 0 Å². The highest BCUT2D eigenvalue weighted by Crippen LogP contribution is 2.20. The zero-order valence-electron chi connectivity index (χ0n) is 13.0. The number of benzene rings is 1. The zero-order chi connectivity index (χ0) is 14.8. The summed E-state index contributed by atoms with van der Waals surface area (Å²) in [5.74, 6) is 0.259. The minimum atomic E-state index is 0.259. The molecule has 1 aliphatic carbocycles. The summed E-state index contributed by atoms with van der Waals surface area (Å²) in [6.45, 7) is 2.67. The van der Waals surface area contributed by atoms with Gasteiger partial charge in [-0.1, -0.05) is 18.1 Å². The number of H-pyrrole nitrogens is 1. The van der Waals surface area contributed by atoms with Gasteiger partial charge in [0.1, 0.15) is 6.54 Å². The number of Topliss-reactive ketones (excluding diaryl/α,β-unsaturated/α-hetero) is 1. The van der Waals surface area contributed by atoms with E-state index >= 15 is 0 Å². The summed E-state index contributed by atoms with van der Waals surface area (Å²) in [7, 11) is 2.17. The third-order valence-electron chi connectivity index (χ3n) is 4.88. The number of aromatic nitrogens is 1. The lowest BCUT2D eigenvalue weighted by Crippen LogP contribution is -3.14. The van der Waals surface area contributed by atoms with Gasteiger partial charge in [0.2, 0.25) is 5.78 Å². The lowest BCUT2D eigenvalue weighted by Gasteiger charge is -2.27. The van der Waals surface area contributed by atoms with Gasteiger partial charge in [0.25, 0.3) is 0 Å². The van der Waals surface area contributed by atoms with Crippen molar-refractivity contribution >= 4 is 16.7 Å². The van der Waals surface area contributed by atoms with Crippen LogP contribution in [0.25, 0.3) is 10.9 Å². The second-order valence-electron chi connectivity index (χ2n) is 6.53. The molecule has 0 saturated heterocycles. The molecule has 0 amide bonds. The molecule has 112 valence electrons. The van der Waals surface area contributed by atoms with E-state index in [1.165, 1.54) is 42.6 Å². The summed E-state index contributed by atoms with van der Waals surface area (Å²) in [4.78, 5) is 17.2. The van der Waals surface area contributed by atoms with Gasteiger partial charge >= 0.3 is 0 Å². The van der Waals surface area contributed by atoms with Crippen molar-refractivity contribution in [1.82, 2.24) is 4.98 Å². The Kier molecular flexibility index (Phi) is 4.11. The number of ketones is 1. The van der Waals surface area contributed by atoms with Crippen molar-refractivity contribution in [2.24, 2.45) is 0 Å². The van der Waals surface area contributed by atoms with Crippen molar-refractivity contribution in [3.63, 3.8) is 0 Å². The Morgan fingerprint density at radius 3 is 2.81 bits per heavy atom. The normalized spacial score (nSPS) is 18.0. The fourth-order valence-corrected chi connectivity index (χ4v) is 3.55. The molecule has 2 aromatic rings. The molecule has 1 heterocycles. The number of quaternary nitrogens is 1. The molecule has 1 aromatic heterocycles. The van der Waals surface area contributed by atoms with Gasteiger partial charge in [0.05, 0.1) is 13.1 Å². The fourth-order valence-electron chi connectivity index (χ4n) is 3.55. The van der Waals surface area contributed by atoms with Gasteiger partial charge in [-0.3, -0.25) is 4.79 Å². The molecule has 1 aromatic carbocycles. The highest BCUT2D eigenvalue weighted by molar-refractivity contribution is 6.08. The largest absolute Gasteiger partial charge is 0.360 e. The van der Waals surface area contributed by atoms with Gasteiger partial charge < -0.3 is 9.88 Å². The maximum Gasteiger partial charge on any atom is 0.219 e. The maximum absolute atomic E-state index is 12.6. The summed E-state index contributed by atoms with van der Waals surface area (Å²) in [6, 6.07) is 6.90. The second kappa shape index (κ2) is 6.02. The summed E-state index contributed by atoms with van der Waals surface area (Å²) in [6.07, 6.45) is 8.42. The molecule has 3 heteroatoms. The van der Waals surface area contributed by atoms with Crippen LogP contribution in [0.5, 0.6) is 0 Å². The average Bonchev–Trinajstić information content (AvgIpc) is 2.91. The number of carbonyl (C=O) groups excluding carboxylic acids is 1. The summed E-state index contributed by atoms with van der Waals surface area (Å²) < 4.78 is 0. The van der Waals surface area contributed by atoms with Crippen LogP contribution in [0, 0.1) is 6.92 Å². The summed E-state index contributed by atoms with van der Waals surface area (Å²) in [5, 5.41) is 1.07. The fraction of sp³-hybridized carbons (Fsp3) is 0.500. The SMILES string of the molecule is Cc1ccc2[nH]cc(C(=O)C[NH+](C)C3CCCCC3)c2c1. The molecule has 1 aliphatic rings. The van der Waals surface area contributed by atoms with E-state index in [0.29, 0.717) is 12.6 Å². The highest BCUT2D eigenvalue weighted by atomic mass is 16.1. The van der Waals surface area contributed by atoms with Crippen molar-refractivity contribution in [3.05, 3.63) is 35.5 Å². The number of aryl methyl sites for hydroxylation is 1. The van der Waals surface area contributed by atoms with E-state index in [9.17, 15) is 4.79 Å². The van der Waals surface area contributed by atoms with Crippen LogP contribution in [-0.4, -0.2) is 30.4 Å². The standard InChI is InChI=1S/C18H24N2O/c1-13-8-9-17-15(10-13)16(11-19-17)18(21)12-20(2)14-6-4-3-5-7-14/h8-11,14,19H,3-7,12H2,1-2H3/p+1. The number of fused-ring (bicyclic) bond motifs is 1. The van der Waals surface area contributed by atoms with Crippen molar-refractivity contribution in [2.75, 3.05) is 13.6 Å². The van der Waals surface area contributed by atoms with E-state index in [-0.39, 0.29) is 5.78 Å². The van der Waals surface area contributed by atoms with E-state index in [1.807, 2.05) is 6.20 Å². The Bertz CT molecular complexity index is 638. The van der Waals surface area contributed by atoms with Gasteiger partial charge in [-0.25, -0.2) is 0 Å². The van der Waals surface area contributed by atoms with E-state index in [2.05, 4.69) is 37.2 Å². The molecule has 0 aliphatic heterocycles. The molecular weight excluding hydrogens is 260 g/mol. The Morgan fingerprint density at radius 2 is 2.05 bits per heavy atom. The van der Waals surface area contributed by atoms with Crippen molar-refractivity contribution in [2.45, 2.75) is 45.1 Å². The Balaban J connectivity index is 1.75. The van der Waals surface area contributed by atoms with Gasteiger partial charge in [-0.15, -0.1) is 0 Å². The number of hydrogen-bond acceptors (Lipinski definition) is 1. The predicted octanol–water partition coefficient (Wildman–Crippen LogP) is 2.51. The number of nitrogens with one attached hydrogen (secondary N) is 2. The first-order chi connectivity index (χ1) is 10.1. The molecule has 3 rings (SSSR count). The lowest BCUT2D eigenvalue weighted by atomic mass is 9.94. The van der Waals surface area contributed by atoms with Crippen molar-refractivity contribution in [3.8, 4) is 0 Å². The first-order valence-corrected chi connectivity index (χ1v) is 8.08. The first-order valence-electron chi connectivity index (χ1n) is 8.08. The molecule has 21 heavy (non-hydrogen) atoms. The third-order valence-corrected chi connectivity index (χ3v) is 4.88. The van der Waals surface area contributed by atoms with Gasteiger partial charge in [-0.2, -0.15) is 0 Å². The molecule has 1 fully saturated rings. The number of carbonyl (C=O) groups is 1. The highest BCUT2D eigenvalue weighted by Gasteiger charge is 2.24. The van der Waals surface area contributed by atoms with Crippen LogP contribution < -0.4 is 4.90 Å². The minimum Gasteiger partial charge on any atom is -0.360 e. The van der Waals surface area contributed by atoms with Crippen LogP contribution in [0.2, 0.25) is 0 Å². The number of hydrogen-bond donors (Lipinski definition) is 2. The Morgan fingerprint density at radius 1 is 1.29 bits per heavy atom. The molecule has 0 spiro atoms. The van der Waals surface area contributed by atoms with Crippen LogP contribution in [0.15, 0.2) is 24.4 Å². The lowest BCUT2D eigenvalue weighted by molar-refractivity contribution is -0.898. The summed E-state index contributed by atoms with van der Waals surface area (Å²) >= 11 is 0. The summed E-state index contributed by atoms with van der Waals surface area (Å²) in [5.41, 5.74) is 3.10. The molecule has 0 radical (unpaired) electrons. The van der Waals surface area contributed by atoms with Crippen molar-refractivity contribution in [1.29, 1.82) is 0 Å². The van der Waals surface area contributed by atoms with E-state index < -0.39 is 0 Å². The zero-order valence-corrected chi connectivity index (χ0v) is 13.0. The Labute approximate surface area is 126 Å². The first kappa shape index (κ1) is 14.3. The number of aromatic amines is 1. The van der Waals surface area contributed by atoms with E-state index in [4.69, 9.17) is 0 Å². The van der Waals surface area contributed by atoms with Crippen LogP contribution in [0.1, 0.15) is 48.0 Å². The molecular formula is C18H25N2O+. The molecule has 3 nitrogen and oxygen atoms in total. The van der Waals surface area contributed by atoms with E-state index in [1.54, 1.807) is 0 Å². The number of rotatable bonds is 4. The van der Waals surface area contributed by atoms with Crippen molar-refractivity contribution < 1.29 is 9.69 Å². The topological polar surface area (TPSA) is 37.3 Å². The van der Waals surface area contributed by atoms with E-state index in [0.717, 1.165) is 16.5 Å². The van der Waals surface area contributed by atoms with Gasteiger partial charge in [-0.05, 0) is 44.7 Å². The van der Waals surface area contributed by atoms with Gasteiger partial charge in [0.15, 0.2) is 0 Å². The second-order valence-corrected chi connectivity index (χ2v) is 6.53. The Hall–Kier alpha value is -1.61. The average molecular weight is 285 g/mol. The maximum atomic E-state index is 12.6. The molecule has 0 bridgehead atoms. The number of likely N-dealkylation sites (N-methyl/N-ethyl adjacent to an activating group) is 1. The molecule has 2 N–H and O–H groups in total.